The molecule has 4 rings (SSSR count). The Hall–Kier alpha value is -3.45. The highest BCUT2D eigenvalue weighted by atomic mass is 32.1. The van der Waals surface area contributed by atoms with Crippen molar-refractivity contribution >= 4 is 28.1 Å². The van der Waals surface area contributed by atoms with Crippen LogP contribution in [0.2, 0.25) is 0 Å². The topological polar surface area (TPSA) is 73.1 Å². The molecule has 1 amide bonds. The Kier molecular flexibility index (Phi) is 7.19. The van der Waals surface area contributed by atoms with Crippen molar-refractivity contribution in [1.82, 2.24) is 14.5 Å². The first kappa shape index (κ1) is 22.7. The molecule has 0 atom stereocenters. The van der Waals surface area contributed by atoms with Gasteiger partial charge in [-0.2, -0.15) is 0 Å². The van der Waals surface area contributed by atoms with E-state index in [1.807, 2.05) is 66.9 Å². The highest BCUT2D eigenvalue weighted by Crippen LogP contribution is 2.12. The summed E-state index contributed by atoms with van der Waals surface area (Å²) in [5.74, 6) is -0.0221. The molecular formula is C26H27N3O3S. The number of carbonyl (C=O) groups is 1. The first-order valence-electron chi connectivity index (χ1n) is 11.1. The van der Waals surface area contributed by atoms with E-state index in [0.717, 1.165) is 16.0 Å². The highest BCUT2D eigenvalue weighted by Gasteiger charge is 2.13. The number of para-hydroxylation sites is 1. The number of carbonyl (C=O) groups excluding carboxylic acids is 1. The number of unbranched alkanes of at least 4 members (excludes halogenated alkanes) is 1. The largest absolute Gasteiger partial charge is 0.351 e. The van der Waals surface area contributed by atoms with Crippen molar-refractivity contribution < 1.29 is 4.79 Å². The van der Waals surface area contributed by atoms with Crippen molar-refractivity contribution in [3.8, 4) is 0 Å². The van der Waals surface area contributed by atoms with Gasteiger partial charge in [-0.15, -0.1) is 11.3 Å². The van der Waals surface area contributed by atoms with Crippen LogP contribution in [0.1, 0.15) is 35.3 Å². The van der Waals surface area contributed by atoms with Crippen molar-refractivity contribution in [3.05, 3.63) is 103 Å². The number of thiophene rings is 1. The number of rotatable bonds is 9. The standard InChI is InChI=1S/C26H27N3O3S/c1-19-8-6-9-20(16-19)18-29-23-12-3-2-11-22(23)25(31)28(26(29)32)14-5-4-13-24(30)27-17-21-10-7-15-33-21/h2-3,6-12,15-16H,4-5,13-14,17-18H2,1H3,(H,27,30). The van der Waals surface area contributed by atoms with Crippen molar-refractivity contribution in [2.24, 2.45) is 0 Å². The Bertz CT molecular complexity index is 1370. The minimum absolute atomic E-state index is 0.0221. The van der Waals surface area contributed by atoms with Crippen LogP contribution < -0.4 is 16.6 Å². The Balaban J connectivity index is 1.48. The van der Waals surface area contributed by atoms with E-state index >= 15 is 0 Å². The molecule has 2 aromatic carbocycles. The molecule has 0 unspecified atom stereocenters. The molecule has 1 N–H and O–H groups in total. The smallest absolute Gasteiger partial charge is 0.331 e. The van der Waals surface area contributed by atoms with E-state index in [-0.39, 0.29) is 23.7 Å². The van der Waals surface area contributed by atoms with E-state index in [4.69, 9.17) is 0 Å². The summed E-state index contributed by atoms with van der Waals surface area (Å²) in [5.41, 5.74) is 2.17. The summed E-state index contributed by atoms with van der Waals surface area (Å²) in [5, 5.41) is 5.42. The van der Waals surface area contributed by atoms with Gasteiger partial charge in [-0.25, -0.2) is 4.79 Å². The van der Waals surface area contributed by atoms with Crippen LogP contribution in [0.15, 0.2) is 75.6 Å². The SMILES string of the molecule is Cc1cccc(Cn2c(=O)n(CCCCC(=O)NCc3cccs3)c(=O)c3ccccc32)c1. The molecule has 7 heteroatoms. The van der Waals surface area contributed by atoms with Crippen molar-refractivity contribution in [2.75, 3.05) is 0 Å². The summed E-state index contributed by atoms with van der Waals surface area (Å²) >= 11 is 1.61. The molecular weight excluding hydrogens is 434 g/mol. The van der Waals surface area contributed by atoms with Crippen LogP contribution in [0.3, 0.4) is 0 Å². The number of aryl methyl sites for hydroxylation is 1. The number of benzene rings is 2. The predicted molar refractivity (Wildman–Crippen MR) is 133 cm³/mol. The van der Waals surface area contributed by atoms with E-state index in [0.29, 0.717) is 43.3 Å². The first-order valence-corrected chi connectivity index (χ1v) is 12.0. The van der Waals surface area contributed by atoms with E-state index in [9.17, 15) is 14.4 Å². The molecule has 33 heavy (non-hydrogen) atoms. The highest BCUT2D eigenvalue weighted by molar-refractivity contribution is 7.09. The molecule has 0 fully saturated rings. The van der Waals surface area contributed by atoms with Crippen LogP contribution in [0.5, 0.6) is 0 Å². The zero-order chi connectivity index (χ0) is 23.2. The maximum absolute atomic E-state index is 13.3. The fourth-order valence-corrected chi connectivity index (χ4v) is 4.60. The van der Waals surface area contributed by atoms with E-state index < -0.39 is 0 Å². The van der Waals surface area contributed by atoms with Crippen molar-refractivity contribution in [2.45, 2.75) is 45.8 Å². The lowest BCUT2D eigenvalue weighted by atomic mass is 10.1. The molecule has 0 aliphatic rings. The number of fused-ring (bicyclic) bond motifs is 1. The quantitative estimate of drug-likeness (QED) is 0.382. The van der Waals surface area contributed by atoms with Crippen LogP contribution in [0.4, 0.5) is 0 Å². The van der Waals surface area contributed by atoms with Gasteiger partial charge in [-0.3, -0.25) is 18.7 Å². The third-order valence-corrected chi connectivity index (χ3v) is 6.51. The normalized spacial score (nSPS) is 11.1. The third kappa shape index (κ3) is 5.49. The van der Waals surface area contributed by atoms with Crippen LogP contribution in [-0.2, 0) is 24.4 Å². The first-order chi connectivity index (χ1) is 16.0. The average molecular weight is 462 g/mol. The zero-order valence-corrected chi connectivity index (χ0v) is 19.4. The van der Waals surface area contributed by atoms with Gasteiger partial charge >= 0.3 is 5.69 Å². The number of hydrogen-bond acceptors (Lipinski definition) is 4. The fraction of sp³-hybridized carbons (Fsp3) is 0.269. The van der Waals surface area contributed by atoms with Gasteiger partial charge in [0.1, 0.15) is 0 Å². The van der Waals surface area contributed by atoms with Crippen LogP contribution in [-0.4, -0.2) is 15.0 Å². The summed E-state index contributed by atoms with van der Waals surface area (Å²) in [6.07, 6.45) is 1.54. The lowest BCUT2D eigenvalue weighted by Crippen LogP contribution is -2.40. The minimum atomic E-state index is -0.317. The second-order valence-corrected chi connectivity index (χ2v) is 9.18. The molecule has 0 saturated carbocycles. The summed E-state index contributed by atoms with van der Waals surface area (Å²) in [6.45, 7) is 3.23. The number of nitrogens with zero attached hydrogens (tertiary/aromatic N) is 2. The monoisotopic (exact) mass is 461 g/mol. The van der Waals surface area contributed by atoms with Gasteiger partial charge in [-0.05, 0) is 48.9 Å². The maximum Gasteiger partial charge on any atom is 0.331 e. The molecule has 2 aromatic heterocycles. The van der Waals surface area contributed by atoms with Gasteiger partial charge in [0.2, 0.25) is 5.91 Å². The molecule has 6 nitrogen and oxygen atoms in total. The maximum atomic E-state index is 13.3. The Morgan fingerprint density at radius 1 is 0.970 bits per heavy atom. The summed E-state index contributed by atoms with van der Waals surface area (Å²) in [4.78, 5) is 39.6. The van der Waals surface area contributed by atoms with Gasteiger partial charge in [0.05, 0.1) is 24.0 Å². The summed E-state index contributed by atoms with van der Waals surface area (Å²) in [7, 11) is 0. The minimum Gasteiger partial charge on any atom is -0.351 e. The number of aromatic nitrogens is 2. The molecule has 0 spiro atoms. The Labute approximate surface area is 196 Å². The molecule has 0 radical (unpaired) electrons. The van der Waals surface area contributed by atoms with Crippen LogP contribution >= 0.6 is 11.3 Å². The van der Waals surface area contributed by atoms with Gasteiger partial charge in [0.25, 0.3) is 5.56 Å². The number of amides is 1. The second-order valence-electron chi connectivity index (χ2n) is 8.14. The van der Waals surface area contributed by atoms with Crippen LogP contribution in [0.25, 0.3) is 10.9 Å². The molecule has 4 aromatic rings. The van der Waals surface area contributed by atoms with Crippen molar-refractivity contribution in [3.63, 3.8) is 0 Å². The van der Waals surface area contributed by atoms with Gasteiger partial charge < -0.3 is 5.32 Å². The van der Waals surface area contributed by atoms with Gasteiger partial charge in [-0.1, -0.05) is 48.0 Å². The zero-order valence-electron chi connectivity index (χ0n) is 18.6. The lowest BCUT2D eigenvalue weighted by Gasteiger charge is -2.14. The van der Waals surface area contributed by atoms with E-state index in [2.05, 4.69) is 5.32 Å². The molecule has 0 bridgehead atoms. The second kappa shape index (κ2) is 10.4. The lowest BCUT2D eigenvalue weighted by molar-refractivity contribution is -0.121. The van der Waals surface area contributed by atoms with Gasteiger partial charge in [0.15, 0.2) is 0 Å². The summed E-state index contributed by atoms with van der Waals surface area (Å²) in [6, 6.07) is 19.2. The fourth-order valence-electron chi connectivity index (χ4n) is 3.96. The third-order valence-electron chi connectivity index (χ3n) is 5.63. The van der Waals surface area contributed by atoms with Crippen molar-refractivity contribution in [1.29, 1.82) is 0 Å². The Morgan fingerprint density at radius 3 is 2.61 bits per heavy atom. The molecule has 2 heterocycles. The average Bonchev–Trinajstić information content (AvgIpc) is 3.34. The predicted octanol–water partition coefficient (Wildman–Crippen LogP) is 4.07. The van der Waals surface area contributed by atoms with E-state index in [1.165, 1.54) is 4.57 Å². The molecule has 0 saturated heterocycles. The molecule has 0 aliphatic carbocycles. The Morgan fingerprint density at radius 2 is 1.82 bits per heavy atom. The van der Waals surface area contributed by atoms with Gasteiger partial charge in [0, 0.05) is 17.8 Å². The summed E-state index contributed by atoms with van der Waals surface area (Å²) < 4.78 is 2.97. The number of nitrogens with one attached hydrogen (secondary N) is 1. The molecule has 170 valence electrons. The van der Waals surface area contributed by atoms with Crippen LogP contribution in [0, 0.1) is 6.92 Å². The number of hydrogen-bond donors (Lipinski definition) is 1. The molecule has 0 aliphatic heterocycles. The van der Waals surface area contributed by atoms with E-state index in [1.54, 1.807) is 22.0 Å².